The van der Waals surface area contributed by atoms with E-state index >= 15 is 0 Å². The van der Waals surface area contributed by atoms with Gasteiger partial charge in [0.2, 0.25) is 0 Å². The van der Waals surface area contributed by atoms with E-state index in [9.17, 15) is 10.1 Å². The number of aromatic nitrogens is 3. The normalized spacial score (nSPS) is 10.3. The van der Waals surface area contributed by atoms with Crippen molar-refractivity contribution in [1.82, 2.24) is 15.2 Å². The van der Waals surface area contributed by atoms with Crippen molar-refractivity contribution in [3.05, 3.63) is 46.0 Å². The zero-order valence-electron chi connectivity index (χ0n) is 9.88. The molecule has 2 N–H and O–H groups in total. The highest BCUT2D eigenvalue weighted by molar-refractivity contribution is 5.62. The lowest BCUT2D eigenvalue weighted by atomic mass is 10.2. The zero-order valence-corrected chi connectivity index (χ0v) is 9.88. The molecule has 0 fully saturated rings. The molecule has 0 bridgehead atoms. The largest absolute Gasteiger partial charge is 0.379 e. The SMILES string of the molecule is Cc1ccc([N+](=O)[O-])c(NCCc2ncn[nH]2)c1. The topological polar surface area (TPSA) is 96.7 Å². The van der Waals surface area contributed by atoms with Crippen LogP contribution in [-0.2, 0) is 6.42 Å². The van der Waals surface area contributed by atoms with Crippen LogP contribution in [0.25, 0.3) is 0 Å². The van der Waals surface area contributed by atoms with E-state index in [4.69, 9.17) is 0 Å². The molecule has 2 aromatic rings. The number of aryl methyl sites for hydroxylation is 1. The number of nitro benzene ring substituents is 1. The number of nitro groups is 1. The van der Waals surface area contributed by atoms with Crippen LogP contribution in [0.4, 0.5) is 11.4 Å². The summed E-state index contributed by atoms with van der Waals surface area (Å²) in [6.45, 7) is 2.45. The zero-order chi connectivity index (χ0) is 13.0. The van der Waals surface area contributed by atoms with Crippen molar-refractivity contribution >= 4 is 11.4 Å². The maximum absolute atomic E-state index is 10.9. The maximum atomic E-state index is 10.9. The van der Waals surface area contributed by atoms with Crippen LogP contribution in [0.3, 0.4) is 0 Å². The summed E-state index contributed by atoms with van der Waals surface area (Å²) in [5.41, 5.74) is 1.58. The second kappa shape index (κ2) is 5.26. The van der Waals surface area contributed by atoms with Gasteiger partial charge in [-0.05, 0) is 18.6 Å². The summed E-state index contributed by atoms with van der Waals surface area (Å²) < 4.78 is 0. The predicted molar refractivity (Wildman–Crippen MR) is 66.4 cm³/mol. The summed E-state index contributed by atoms with van der Waals surface area (Å²) in [5, 5.41) is 20.4. The molecule has 1 aromatic carbocycles. The molecule has 1 heterocycles. The molecule has 0 saturated heterocycles. The number of rotatable bonds is 5. The van der Waals surface area contributed by atoms with Crippen molar-refractivity contribution < 1.29 is 4.92 Å². The Bertz CT molecular complexity index is 538. The third-order valence-corrected chi connectivity index (χ3v) is 2.49. The molecule has 0 atom stereocenters. The van der Waals surface area contributed by atoms with E-state index in [1.807, 2.05) is 6.92 Å². The van der Waals surface area contributed by atoms with Crippen LogP contribution in [0.1, 0.15) is 11.4 Å². The fourth-order valence-corrected chi connectivity index (χ4v) is 1.62. The molecule has 0 saturated carbocycles. The Morgan fingerprint density at radius 3 is 3.00 bits per heavy atom. The highest BCUT2D eigenvalue weighted by atomic mass is 16.6. The fraction of sp³-hybridized carbons (Fsp3) is 0.273. The van der Waals surface area contributed by atoms with Gasteiger partial charge < -0.3 is 5.32 Å². The van der Waals surface area contributed by atoms with E-state index in [0.29, 0.717) is 18.7 Å². The molecular weight excluding hydrogens is 234 g/mol. The average molecular weight is 247 g/mol. The van der Waals surface area contributed by atoms with Gasteiger partial charge in [0, 0.05) is 19.0 Å². The highest BCUT2D eigenvalue weighted by Gasteiger charge is 2.12. The van der Waals surface area contributed by atoms with Gasteiger partial charge in [0.15, 0.2) is 0 Å². The van der Waals surface area contributed by atoms with Crippen molar-refractivity contribution in [2.24, 2.45) is 0 Å². The first kappa shape index (κ1) is 12.0. The predicted octanol–water partition coefficient (Wildman–Crippen LogP) is 1.68. The van der Waals surface area contributed by atoms with E-state index in [2.05, 4.69) is 20.5 Å². The van der Waals surface area contributed by atoms with Crippen LogP contribution in [0.15, 0.2) is 24.5 Å². The van der Waals surface area contributed by atoms with Gasteiger partial charge in [-0.25, -0.2) is 4.98 Å². The van der Waals surface area contributed by atoms with Crippen LogP contribution >= 0.6 is 0 Å². The second-order valence-corrected chi connectivity index (χ2v) is 3.89. The summed E-state index contributed by atoms with van der Waals surface area (Å²) in [7, 11) is 0. The Hall–Kier alpha value is -2.44. The summed E-state index contributed by atoms with van der Waals surface area (Å²) >= 11 is 0. The van der Waals surface area contributed by atoms with Crippen LogP contribution in [-0.4, -0.2) is 26.6 Å². The van der Waals surface area contributed by atoms with E-state index in [-0.39, 0.29) is 5.69 Å². The monoisotopic (exact) mass is 247 g/mol. The first-order chi connectivity index (χ1) is 8.66. The third-order valence-electron chi connectivity index (χ3n) is 2.49. The van der Waals surface area contributed by atoms with E-state index in [0.717, 1.165) is 11.4 Å². The molecule has 7 nitrogen and oxygen atoms in total. The first-order valence-electron chi connectivity index (χ1n) is 5.50. The van der Waals surface area contributed by atoms with Crippen LogP contribution in [0.5, 0.6) is 0 Å². The molecule has 0 aliphatic rings. The number of H-pyrrole nitrogens is 1. The smallest absolute Gasteiger partial charge is 0.292 e. The summed E-state index contributed by atoms with van der Waals surface area (Å²) in [6.07, 6.45) is 2.07. The Morgan fingerprint density at radius 1 is 1.50 bits per heavy atom. The minimum atomic E-state index is -0.393. The molecule has 0 radical (unpaired) electrons. The lowest BCUT2D eigenvalue weighted by Crippen LogP contribution is -2.08. The number of hydrogen-bond acceptors (Lipinski definition) is 5. The molecule has 94 valence electrons. The minimum Gasteiger partial charge on any atom is -0.379 e. The molecule has 0 aliphatic carbocycles. The lowest BCUT2D eigenvalue weighted by molar-refractivity contribution is -0.384. The van der Waals surface area contributed by atoms with Gasteiger partial charge in [-0.2, -0.15) is 5.10 Å². The summed E-state index contributed by atoms with van der Waals surface area (Å²) in [5.74, 6) is 0.748. The Kier molecular flexibility index (Phi) is 3.52. The Balaban J connectivity index is 2.03. The molecule has 0 unspecified atom stereocenters. The summed E-state index contributed by atoms with van der Waals surface area (Å²) in [4.78, 5) is 14.5. The standard InChI is InChI=1S/C11H13N5O2/c1-8-2-3-10(16(17)18)9(6-8)12-5-4-11-13-7-14-15-11/h2-3,6-7,12H,4-5H2,1H3,(H,13,14,15). The lowest BCUT2D eigenvalue weighted by Gasteiger charge is -2.06. The molecule has 2 rings (SSSR count). The van der Waals surface area contributed by atoms with Gasteiger partial charge in [-0.1, -0.05) is 6.07 Å². The average Bonchev–Trinajstić information content (AvgIpc) is 2.82. The molecule has 7 heteroatoms. The number of anilines is 1. The minimum absolute atomic E-state index is 0.0816. The Morgan fingerprint density at radius 2 is 2.33 bits per heavy atom. The van der Waals surface area contributed by atoms with Gasteiger partial charge in [0.25, 0.3) is 5.69 Å². The van der Waals surface area contributed by atoms with Gasteiger partial charge >= 0.3 is 0 Å². The van der Waals surface area contributed by atoms with E-state index < -0.39 is 4.92 Å². The molecule has 18 heavy (non-hydrogen) atoms. The molecule has 0 amide bonds. The number of aromatic amines is 1. The van der Waals surface area contributed by atoms with E-state index in [1.54, 1.807) is 12.1 Å². The molecular formula is C11H13N5O2. The molecule has 1 aromatic heterocycles. The number of benzene rings is 1. The van der Waals surface area contributed by atoms with Crippen LogP contribution in [0, 0.1) is 17.0 Å². The first-order valence-corrected chi connectivity index (χ1v) is 5.50. The molecule has 0 aliphatic heterocycles. The van der Waals surface area contributed by atoms with Gasteiger partial charge in [-0.3, -0.25) is 15.2 Å². The van der Waals surface area contributed by atoms with Gasteiger partial charge in [0.1, 0.15) is 17.8 Å². The summed E-state index contributed by atoms with van der Waals surface area (Å²) in [6, 6.07) is 4.99. The number of nitrogens with one attached hydrogen (secondary N) is 2. The molecule has 0 spiro atoms. The van der Waals surface area contributed by atoms with Crippen LogP contribution in [0.2, 0.25) is 0 Å². The Labute approximate surface area is 103 Å². The maximum Gasteiger partial charge on any atom is 0.292 e. The number of nitrogens with zero attached hydrogens (tertiary/aromatic N) is 3. The third kappa shape index (κ3) is 2.82. The number of hydrogen-bond donors (Lipinski definition) is 2. The van der Waals surface area contributed by atoms with Crippen molar-refractivity contribution in [1.29, 1.82) is 0 Å². The van der Waals surface area contributed by atoms with Crippen molar-refractivity contribution in [2.75, 3.05) is 11.9 Å². The van der Waals surface area contributed by atoms with Gasteiger partial charge in [0.05, 0.1) is 4.92 Å². The van der Waals surface area contributed by atoms with Crippen LogP contribution < -0.4 is 5.32 Å². The van der Waals surface area contributed by atoms with E-state index in [1.165, 1.54) is 12.4 Å². The van der Waals surface area contributed by atoms with Crippen molar-refractivity contribution in [2.45, 2.75) is 13.3 Å². The van der Waals surface area contributed by atoms with Gasteiger partial charge in [-0.15, -0.1) is 0 Å². The fourth-order valence-electron chi connectivity index (χ4n) is 1.62. The van der Waals surface area contributed by atoms with Crippen molar-refractivity contribution in [3.8, 4) is 0 Å². The highest BCUT2D eigenvalue weighted by Crippen LogP contribution is 2.24. The second-order valence-electron chi connectivity index (χ2n) is 3.89. The van der Waals surface area contributed by atoms with Crippen molar-refractivity contribution in [3.63, 3.8) is 0 Å². The quantitative estimate of drug-likeness (QED) is 0.618.